The van der Waals surface area contributed by atoms with Gasteiger partial charge in [0.25, 0.3) is 0 Å². The van der Waals surface area contributed by atoms with Crippen molar-refractivity contribution >= 4 is 29.3 Å². The first-order chi connectivity index (χ1) is 5.34. The molecule has 1 aliphatic rings. The molecule has 0 spiro atoms. The summed E-state index contributed by atoms with van der Waals surface area (Å²) in [5, 5.41) is 0. The van der Waals surface area contributed by atoms with Crippen molar-refractivity contribution in [1.82, 2.24) is 4.90 Å². The van der Waals surface area contributed by atoms with Gasteiger partial charge in [0.15, 0.2) is 0 Å². The van der Waals surface area contributed by atoms with Crippen LogP contribution in [0.4, 0.5) is 0 Å². The van der Waals surface area contributed by atoms with Gasteiger partial charge in [-0.3, -0.25) is 4.79 Å². The Morgan fingerprint density at radius 2 is 2.09 bits per heavy atom. The fraction of sp³-hybridized carbons (Fsp3) is 0.857. The van der Waals surface area contributed by atoms with E-state index in [1.807, 2.05) is 16.7 Å². The molecular formula is C7H12ClNOS. The maximum Gasteiger partial charge on any atom is 0.223 e. The third-order valence-electron chi connectivity index (χ3n) is 1.67. The minimum atomic E-state index is 0.209. The van der Waals surface area contributed by atoms with Crippen molar-refractivity contribution in [2.45, 2.75) is 6.42 Å². The Labute approximate surface area is 76.3 Å². The highest BCUT2D eigenvalue weighted by Gasteiger charge is 2.15. The molecule has 0 atom stereocenters. The van der Waals surface area contributed by atoms with Gasteiger partial charge in [0.2, 0.25) is 5.91 Å². The number of alkyl halides is 1. The predicted molar refractivity (Wildman–Crippen MR) is 49.2 cm³/mol. The molecule has 1 fully saturated rings. The predicted octanol–water partition coefficient (Wildman–Crippen LogP) is 1.19. The highest BCUT2D eigenvalue weighted by molar-refractivity contribution is 7.99. The monoisotopic (exact) mass is 193 g/mol. The Hall–Kier alpha value is 0.110. The number of amides is 1. The van der Waals surface area contributed by atoms with Gasteiger partial charge >= 0.3 is 0 Å². The summed E-state index contributed by atoms with van der Waals surface area (Å²) in [6.07, 6.45) is 0.492. The highest BCUT2D eigenvalue weighted by atomic mass is 35.5. The van der Waals surface area contributed by atoms with Crippen LogP contribution in [0, 0.1) is 0 Å². The number of nitrogens with zero attached hydrogens (tertiary/aromatic N) is 1. The Morgan fingerprint density at radius 1 is 1.45 bits per heavy atom. The van der Waals surface area contributed by atoms with Crippen molar-refractivity contribution in [3.05, 3.63) is 0 Å². The summed E-state index contributed by atoms with van der Waals surface area (Å²) in [6, 6.07) is 0. The van der Waals surface area contributed by atoms with E-state index >= 15 is 0 Å². The molecule has 0 saturated carbocycles. The average molecular weight is 194 g/mol. The van der Waals surface area contributed by atoms with Crippen molar-refractivity contribution in [3.8, 4) is 0 Å². The molecule has 1 amide bonds. The summed E-state index contributed by atoms with van der Waals surface area (Å²) in [4.78, 5) is 13.1. The number of halogens is 1. The molecule has 0 radical (unpaired) electrons. The van der Waals surface area contributed by atoms with Crippen molar-refractivity contribution < 1.29 is 4.79 Å². The number of carbonyl (C=O) groups excluding carboxylic acids is 1. The summed E-state index contributed by atoms with van der Waals surface area (Å²) in [5.74, 6) is 2.81. The highest BCUT2D eigenvalue weighted by Crippen LogP contribution is 2.10. The van der Waals surface area contributed by atoms with Gasteiger partial charge in [0, 0.05) is 36.9 Å². The van der Waals surface area contributed by atoms with E-state index in [1.165, 1.54) is 0 Å². The minimum absolute atomic E-state index is 0.209. The second-order valence-corrected chi connectivity index (χ2v) is 4.03. The quantitative estimate of drug-likeness (QED) is 0.615. The van der Waals surface area contributed by atoms with E-state index in [2.05, 4.69) is 0 Å². The Balaban J connectivity index is 2.27. The molecule has 0 unspecified atom stereocenters. The lowest BCUT2D eigenvalue weighted by Gasteiger charge is -2.26. The molecule has 0 aromatic carbocycles. The summed E-state index contributed by atoms with van der Waals surface area (Å²) in [6.45, 7) is 1.81. The van der Waals surface area contributed by atoms with Crippen molar-refractivity contribution in [1.29, 1.82) is 0 Å². The smallest absolute Gasteiger partial charge is 0.223 e. The van der Waals surface area contributed by atoms with Crippen molar-refractivity contribution in [3.63, 3.8) is 0 Å². The molecule has 2 nitrogen and oxygen atoms in total. The molecule has 1 rings (SSSR count). The summed E-state index contributed by atoms with van der Waals surface area (Å²) in [5.41, 5.74) is 0. The normalized spacial score (nSPS) is 18.5. The second-order valence-electron chi connectivity index (χ2n) is 2.43. The van der Waals surface area contributed by atoms with Crippen LogP contribution in [0.1, 0.15) is 6.42 Å². The first kappa shape index (κ1) is 9.20. The molecular weight excluding hydrogens is 182 g/mol. The third-order valence-corrected chi connectivity index (χ3v) is 2.80. The van der Waals surface area contributed by atoms with Gasteiger partial charge in [0.1, 0.15) is 0 Å². The van der Waals surface area contributed by atoms with E-state index in [9.17, 15) is 4.79 Å². The van der Waals surface area contributed by atoms with Gasteiger partial charge in [-0.2, -0.15) is 11.8 Å². The van der Waals surface area contributed by atoms with Crippen LogP contribution in [0.25, 0.3) is 0 Å². The number of hydrogen-bond donors (Lipinski definition) is 0. The van der Waals surface area contributed by atoms with E-state index in [-0.39, 0.29) is 5.91 Å². The first-order valence-corrected chi connectivity index (χ1v) is 5.45. The van der Waals surface area contributed by atoms with Gasteiger partial charge in [-0.15, -0.1) is 11.6 Å². The Bertz CT molecular complexity index is 136. The fourth-order valence-electron chi connectivity index (χ4n) is 1.05. The lowest BCUT2D eigenvalue weighted by molar-refractivity contribution is -0.130. The van der Waals surface area contributed by atoms with E-state index in [1.54, 1.807) is 0 Å². The topological polar surface area (TPSA) is 20.3 Å². The van der Waals surface area contributed by atoms with Crippen LogP contribution < -0.4 is 0 Å². The summed E-state index contributed by atoms with van der Waals surface area (Å²) < 4.78 is 0. The lowest BCUT2D eigenvalue weighted by atomic mass is 10.4. The number of carbonyl (C=O) groups is 1. The first-order valence-electron chi connectivity index (χ1n) is 3.76. The van der Waals surface area contributed by atoms with Crippen LogP contribution in [-0.4, -0.2) is 41.3 Å². The Kier molecular flexibility index (Phi) is 4.08. The maximum atomic E-state index is 11.2. The molecule has 11 heavy (non-hydrogen) atoms. The van der Waals surface area contributed by atoms with E-state index < -0.39 is 0 Å². The Morgan fingerprint density at radius 3 is 2.64 bits per heavy atom. The minimum Gasteiger partial charge on any atom is -0.341 e. The maximum absolute atomic E-state index is 11.2. The molecule has 0 N–H and O–H groups in total. The summed E-state index contributed by atoms with van der Waals surface area (Å²) in [7, 11) is 0. The van der Waals surface area contributed by atoms with Crippen LogP contribution >= 0.6 is 23.4 Å². The number of hydrogen-bond acceptors (Lipinski definition) is 2. The molecule has 0 aromatic rings. The van der Waals surface area contributed by atoms with Gasteiger partial charge < -0.3 is 4.90 Å². The fourth-order valence-corrected chi connectivity index (χ4v) is 2.12. The van der Waals surface area contributed by atoms with Gasteiger partial charge in [0.05, 0.1) is 0 Å². The molecule has 1 saturated heterocycles. The number of rotatable bonds is 2. The van der Waals surface area contributed by atoms with Gasteiger partial charge in [-0.05, 0) is 0 Å². The third kappa shape index (κ3) is 2.91. The van der Waals surface area contributed by atoms with E-state index in [0.717, 1.165) is 24.6 Å². The molecule has 0 bridgehead atoms. The van der Waals surface area contributed by atoms with Crippen LogP contribution in [0.15, 0.2) is 0 Å². The molecule has 1 aliphatic heterocycles. The van der Waals surface area contributed by atoms with E-state index in [0.29, 0.717) is 12.3 Å². The SMILES string of the molecule is O=C(CCCl)N1CCSCC1. The van der Waals surface area contributed by atoms with Gasteiger partial charge in [-0.25, -0.2) is 0 Å². The molecule has 64 valence electrons. The van der Waals surface area contributed by atoms with Crippen LogP contribution in [0.3, 0.4) is 0 Å². The molecule has 0 aliphatic carbocycles. The zero-order valence-corrected chi connectivity index (χ0v) is 7.96. The lowest BCUT2D eigenvalue weighted by Crippen LogP contribution is -2.37. The molecule has 4 heteroatoms. The number of thioether (sulfide) groups is 1. The van der Waals surface area contributed by atoms with Crippen molar-refractivity contribution in [2.24, 2.45) is 0 Å². The van der Waals surface area contributed by atoms with Gasteiger partial charge in [-0.1, -0.05) is 0 Å². The van der Waals surface area contributed by atoms with Crippen molar-refractivity contribution in [2.75, 3.05) is 30.5 Å². The van der Waals surface area contributed by atoms with Crippen LogP contribution in [-0.2, 0) is 4.79 Å². The standard InChI is InChI=1S/C7H12ClNOS/c8-2-1-7(10)9-3-5-11-6-4-9/h1-6H2. The molecule has 0 aromatic heterocycles. The molecule has 1 heterocycles. The largest absolute Gasteiger partial charge is 0.341 e. The zero-order valence-electron chi connectivity index (χ0n) is 6.38. The van der Waals surface area contributed by atoms with E-state index in [4.69, 9.17) is 11.6 Å². The van der Waals surface area contributed by atoms with Crippen LogP contribution in [0.5, 0.6) is 0 Å². The van der Waals surface area contributed by atoms with Crippen LogP contribution in [0.2, 0.25) is 0 Å². The second kappa shape index (κ2) is 4.88. The average Bonchev–Trinajstić information content (AvgIpc) is 2.07. The summed E-state index contributed by atoms with van der Waals surface area (Å²) >= 11 is 7.37. The zero-order chi connectivity index (χ0) is 8.10.